The summed E-state index contributed by atoms with van der Waals surface area (Å²) in [4.78, 5) is 0. The summed E-state index contributed by atoms with van der Waals surface area (Å²) in [6.45, 7) is 1.86. The van der Waals surface area contributed by atoms with Crippen LogP contribution in [0.5, 0.6) is 0 Å². The Bertz CT molecular complexity index is 532. The van der Waals surface area contributed by atoms with Crippen LogP contribution in [0.4, 0.5) is 8.78 Å². The first-order valence-corrected chi connectivity index (χ1v) is 5.76. The van der Waals surface area contributed by atoms with Crippen molar-refractivity contribution in [3.05, 3.63) is 70.8 Å². The van der Waals surface area contributed by atoms with E-state index in [1.165, 1.54) is 18.2 Å². The number of benzene rings is 2. The van der Waals surface area contributed by atoms with E-state index < -0.39 is 17.7 Å². The molecule has 0 bridgehead atoms. The predicted octanol–water partition coefficient (Wildman–Crippen LogP) is 3.55. The summed E-state index contributed by atoms with van der Waals surface area (Å²) in [6.07, 6.45) is -0.971. The van der Waals surface area contributed by atoms with Gasteiger partial charge in [-0.2, -0.15) is 0 Å². The summed E-state index contributed by atoms with van der Waals surface area (Å²) in [5.41, 5.74) is 1.52. The number of aliphatic hydroxyl groups is 1. The first-order chi connectivity index (χ1) is 8.59. The van der Waals surface area contributed by atoms with Crippen molar-refractivity contribution in [2.45, 2.75) is 19.4 Å². The number of hydrogen-bond donors (Lipinski definition) is 1. The van der Waals surface area contributed by atoms with Gasteiger partial charge in [0.15, 0.2) is 0 Å². The quantitative estimate of drug-likeness (QED) is 0.880. The summed E-state index contributed by atoms with van der Waals surface area (Å²) in [6, 6.07) is 11.0. The molecule has 0 spiro atoms. The zero-order chi connectivity index (χ0) is 13.1. The molecule has 0 fully saturated rings. The molecule has 1 atom stereocenters. The molecule has 1 N–H and O–H groups in total. The summed E-state index contributed by atoms with van der Waals surface area (Å²) in [7, 11) is 0. The Balaban J connectivity index is 2.27. The summed E-state index contributed by atoms with van der Waals surface area (Å²) >= 11 is 0. The molecule has 0 saturated carbocycles. The van der Waals surface area contributed by atoms with Crippen LogP contribution in [0.3, 0.4) is 0 Å². The fourth-order valence-electron chi connectivity index (χ4n) is 1.99. The van der Waals surface area contributed by atoms with E-state index in [0.29, 0.717) is 5.56 Å². The van der Waals surface area contributed by atoms with Gasteiger partial charge in [-0.05, 0) is 30.2 Å². The largest absolute Gasteiger partial charge is 0.388 e. The van der Waals surface area contributed by atoms with Crippen LogP contribution in [0.1, 0.15) is 22.8 Å². The lowest BCUT2D eigenvalue weighted by atomic mass is 9.97. The molecule has 0 aliphatic carbocycles. The highest BCUT2D eigenvalue weighted by atomic mass is 19.1. The molecule has 0 amide bonds. The van der Waals surface area contributed by atoms with Crippen LogP contribution in [-0.2, 0) is 6.42 Å². The zero-order valence-corrected chi connectivity index (χ0v) is 10.0. The predicted molar refractivity (Wildman–Crippen MR) is 66.2 cm³/mol. The molecular formula is C15H14F2O. The molecule has 1 unspecified atom stereocenters. The number of aliphatic hydroxyl groups excluding tert-OH is 1. The van der Waals surface area contributed by atoms with E-state index >= 15 is 0 Å². The lowest BCUT2D eigenvalue weighted by molar-refractivity contribution is 0.175. The van der Waals surface area contributed by atoms with Gasteiger partial charge in [-0.15, -0.1) is 0 Å². The maximum absolute atomic E-state index is 13.5. The SMILES string of the molecule is Cc1ccccc1C(O)Cc1c(F)cccc1F. The minimum Gasteiger partial charge on any atom is -0.388 e. The van der Waals surface area contributed by atoms with E-state index in [-0.39, 0.29) is 12.0 Å². The molecule has 3 heteroatoms. The van der Waals surface area contributed by atoms with Crippen molar-refractivity contribution in [1.29, 1.82) is 0 Å². The molecule has 0 aliphatic rings. The van der Waals surface area contributed by atoms with Crippen LogP contribution in [0.25, 0.3) is 0 Å². The van der Waals surface area contributed by atoms with Crippen LogP contribution < -0.4 is 0 Å². The fraction of sp³-hybridized carbons (Fsp3) is 0.200. The number of hydrogen-bond acceptors (Lipinski definition) is 1. The maximum Gasteiger partial charge on any atom is 0.129 e. The van der Waals surface area contributed by atoms with Gasteiger partial charge in [0, 0.05) is 12.0 Å². The van der Waals surface area contributed by atoms with E-state index in [4.69, 9.17) is 0 Å². The van der Waals surface area contributed by atoms with E-state index in [2.05, 4.69) is 0 Å². The maximum atomic E-state index is 13.5. The van der Waals surface area contributed by atoms with E-state index in [0.717, 1.165) is 5.56 Å². The summed E-state index contributed by atoms with van der Waals surface area (Å²) in [5.74, 6) is -1.25. The monoisotopic (exact) mass is 248 g/mol. The van der Waals surface area contributed by atoms with Crippen molar-refractivity contribution in [3.8, 4) is 0 Å². The summed E-state index contributed by atoms with van der Waals surface area (Å²) < 4.78 is 27.0. The van der Waals surface area contributed by atoms with Crippen LogP contribution in [0, 0.1) is 18.6 Å². The second-order valence-electron chi connectivity index (χ2n) is 4.28. The average molecular weight is 248 g/mol. The number of aryl methyl sites for hydroxylation is 1. The highest BCUT2D eigenvalue weighted by molar-refractivity contribution is 5.30. The second kappa shape index (κ2) is 5.27. The molecule has 2 aromatic carbocycles. The van der Waals surface area contributed by atoms with Gasteiger partial charge in [0.25, 0.3) is 0 Å². The van der Waals surface area contributed by atoms with Crippen LogP contribution in [0.2, 0.25) is 0 Å². The molecule has 0 radical (unpaired) electrons. The molecule has 2 aromatic rings. The molecule has 94 valence electrons. The first kappa shape index (κ1) is 12.7. The number of rotatable bonds is 3. The normalized spacial score (nSPS) is 12.4. The van der Waals surface area contributed by atoms with Crippen molar-refractivity contribution >= 4 is 0 Å². The Morgan fingerprint density at radius 3 is 2.22 bits per heavy atom. The van der Waals surface area contributed by atoms with Crippen molar-refractivity contribution in [3.63, 3.8) is 0 Å². The van der Waals surface area contributed by atoms with Gasteiger partial charge >= 0.3 is 0 Å². The highest BCUT2D eigenvalue weighted by Crippen LogP contribution is 2.24. The minimum absolute atomic E-state index is 0.0661. The van der Waals surface area contributed by atoms with E-state index in [9.17, 15) is 13.9 Å². The van der Waals surface area contributed by atoms with Gasteiger partial charge in [-0.1, -0.05) is 30.3 Å². The van der Waals surface area contributed by atoms with Gasteiger partial charge in [-0.3, -0.25) is 0 Å². The van der Waals surface area contributed by atoms with Crippen LogP contribution in [0.15, 0.2) is 42.5 Å². The van der Waals surface area contributed by atoms with Crippen LogP contribution >= 0.6 is 0 Å². The van der Waals surface area contributed by atoms with E-state index in [1.54, 1.807) is 12.1 Å². The molecule has 2 rings (SSSR count). The molecular weight excluding hydrogens is 234 g/mol. The van der Waals surface area contributed by atoms with Crippen LogP contribution in [-0.4, -0.2) is 5.11 Å². The Morgan fingerprint density at radius 1 is 1.00 bits per heavy atom. The molecule has 0 aliphatic heterocycles. The first-order valence-electron chi connectivity index (χ1n) is 5.76. The van der Waals surface area contributed by atoms with E-state index in [1.807, 2.05) is 19.1 Å². The van der Waals surface area contributed by atoms with Crippen molar-refractivity contribution < 1.29 is 13.9 Å². The topological polar surface area (TPSA) is 20.2 Å². The van der Waals surface area contributed by atoms with Gasteiger partial charge < -0.3 is 5.11 Å². The fourth-order valence-corrected chi connectivity index (χ4v) is 1.99. The van der Waals surface area contributed by atoms with Gasteiger partial charge in [-0.25, -0.2) is 8.78 Å². The Morgan fingerprint density at radius 2 is 1.61 bits per heavy atom. The highest BCUT2D eigenvalue weighted by Gasteiger charge is 2.16. The van der Waals surface area contributed by atoms with Crippen molar-refractivity contribution in [1.82, 2.24) is 0 Å². The molecule has 0 heterocycles. The zero-order valence-electron chi connectivity index (χ0n) is 10.0. The van der Waals surface area contributed by atoms with Gasteiger partial charge in [0.1, 0.15) is 11.6 Å². The van der Waals surface area contributed by atoms with Gasteiger partial charge in [0.05, 0.1) is 6.10 Å². The molecule has 18 heavy (non-hydrogen) atoms. The van der Waals surface area contributed by atoms with Gasteiger partial charge in [0.2, 0.25) is 0 Å². The third kappa shape index (κ3) is 2.57. The lowest BCUT2D eigenvalue weighted by Crippen LogP contribution is -2.07. The third-order valence-electron chi connectivity index (χ3n) is 3.01. The van der Waals surface area contributed by atoms with Crippen molar-refractivity contribution in [2.24, 2.45) is 0 Å². The summed E-state index contributed by atoms with van der Waals surface area (Å²) in [5, 5.41) is 10.1. The molecule has 0 saturated heterocycles. The Kier molecular flexibility index (Phi) is 3.72. The lowest BCUT2D eigenvalue weighted by Gasteiger charge is -2.14. The van der Waals surface area contributed by atoms with Crippen molar-refractivity contribution in [2.75, 3.05) is 0 Å². The minimum atomic E-state index is -0.905. The molecule has 0 aromatic heterocycles. The number of halogens is 2. The second-order valence-corrected chi connectivity index (χ2v) is 4.28. The average Bonchev–Trinajstić information content (AvgIpc) is 2.34. The standard InChI is InChI=1S/C15H14F2O/c1-10-5-2-3-6-11(10)15(18)9-12-13(16)7-4-8-14(12)17/h2-8,15,18H,9H2,1H3. The Hall–Kier alpha value is -1.74. The molecule has 1 nitrogen and oxygen atoms in total. The smallest absolute Gasteiger partial charge is 0.129 e. The Labute approximate surface area is 105 Å². The third-order valence-corrected chi connectivity index (χ3v) is 3.01.